The summed E-state index contributed by atoms with van der Waals surface area (Å²) in [5.74, 6) is 0. The van der Waals surface area contributed by atoms with Gasteiger partial charge in [0.2, 0.25) is 0 Å². The molecule has 0 radical (unpaired) electrons. The minimum absolute atomic E-state index is 0.182. The van der Waals surface area contributed by atoms with Crippen LogP contribution in [0, 0.1) is 6.92 Å². The van der Waals surface area contributed by atoms with Crippen molar-refractivity contribution in [3.05, 3.63) is 76.8 Å². The lowest BCUT2D eigenvalue weighted by Crippen LogP contribution is -2.22. The predicted octanol–water partition coefficient (Wildman–Crippen LogP) is 4.64. The number of nitrogens with one attached hydrogen (secondary N) is 1. The van der Waals surface area contributed by atoms with E-state index < -0.39 is 0 Å². The molecule has 0 aliphatic carbocycles. The summed E-state index contributed by atoms with van der Waals surface area (Å²) < 4.78 is 1.93. The Bertz CT molecular complexity index is 813. The number of hydrogen-bond acceptors (Lipinski definition) is 3. The van der Waals surface area contributed by atoms with Gasteiger partial charge >= 0.3 is 0 Å². The van der Waals surface area contributed by atoms with E-state index in [1.807, 2.05) is 59.7 Å². The van der Waals surface area contributed by atoms with Crippen molar-refractivity contribution in [2.75, 3.05) is 0 Å². The van der Waals surface area contributed by atoms with Crippen molar-refractivity contribution in [3.63, 3.8) is 0 Å². The van der Waals surface area contributed by atoms with E-state index in [0.29, 0.717) is 5.02 Å². The van der Waals surface area contributed by atoms with Crippen LogP contribution in [0.25, 0.3) is 5.69 Å². The van der Waals surface area contributed by atoms with E-state index in [2.05, 4.69) is 36.2 Å². The third-order valence-corrected chi connectivity index (χ3v) is 4.51. The van der Waals surface area contributed by atoms with Crippen molar-refractivity contribution in [1.29, 1.82) is 0 Å². The van der Waals surface area contributed by atoms with Crippen LogP contribution in [0.4, 0.5) is 0 Å². The van der Waals surface area contributed by atoms with Gasteiger partial charge in [-0.15, -0.1) is 0 Å². The highest BCUT2D eigenvalue weighted by Crippen LogP contribution is 2.24. The molecule has 24 heavy (non-hydrogen) atoms. The molecule has 3 rings (SSSR count). The number of halogens is 1. The highest BCUT2D eigenvalue weighted by Gasteiger charge is 2.17. The summed E-state index contributed by atoms with van der Waals surface area (Å²) in [6, 6.07) is 12.2. The minimum atomic E-state index is 0.182. The van der Waals surface area contributed by atoms with E-state index in [4.69, 9.17) is 11.6 Å². The molecule has 124 valence electrons. The Morgan fingerprint density at radius 1 is 1.08 bits per heavy atom. The molecule has 2 heterocycles. The number of hydrogen-bond donors (Lipinski definition) is 1. The van der Waals surface area contributed by atoms with Gasteiger partial charge < -0.3 is 5.32 Å². The Morgan fingerprint density at radius 3 is 2.54 bits per heavy atom. The fraction of sp³-hybridized carbons (Fsp3) is 0.263. The quantitative estimate of drug-likeness (QED) is 0.735. The number of pyridine rings is 1. The molecule has 0 fully saturated rings. The molecule has 0 unspecified atom stereocenters. The molecule has 1 aromatic carbocycles. The molecule has 0 aliphatic rings. The highest BCUT2D eigenvalue weighted by molar-refractivity contribution is 6.30. The Hall–Kier alpha value is -2.17. The van der Waals surface area contributed by atoms with Crippen LogP contribution in [0.3, 0.4) is 0 Å². The Kier molecular flexibility index (Phi) is 4.97. The molecule has 0 bridgehead atoms. The molecule has 3 aromatic rings. The average Bonchev–Trinajstić information content (AvgIpc) is 2.97. The lowest BCUT2D eigenvalue weighted by atomic mass is 10.1. The van der Waals surface area contributed by atoms with E-state index in [1.54, 1.807) is 0 Å². The van der Waals surface area contributed by atoms with Crippen LogP contribution < -0.4 is 5.32 Å². The molecule has 1 N–H and O–H groups in total. The van der Waals surface area contributed by atoms with Gasteiger partial charge in [-0.2, -0.15) is 5.10 Å². The van der Waals surface area contributed by atoms with Crippen molar-refractivity contribution >= 4 is 11.6 Å². The van der Waals surface area contributed by atoms with Crippen molar-refractivity contribution in [3.8, 4) is 5.69 Å². The Balaban J connectivity index is 1.80. The predicted molar refractivity (Wildman–Crippen MR) is 97.5 cm³/mol. The Morgan fingerprint density at radius 2 is 1.83 bits per heavy atom. The number of benzene rings is 1. The van der Waals surface area contributed by atoms with Crippen LogP contribution in [0.5, 0.6) is 0 Å². The van der Waals surface area contributed by atoms with Crippen molar-refractivity contribution in [2.24, 2.45) is 0 Å². The van der Waals surface area contributed by atoms with Crippen LogP contribution >= 0.6 is 11.6 Å². The van der Waals surface area contributed by atoms with Crippen LogP contribution in [-0.4, -0.2) is 14.8 Å². The molecule has 0 saturated carbocycles. The summed E-state index contributed by atoms with van der Waals surface area (Å²) in [7, 11) is 0. The molecule has 2 aromatic heterocycles. The summed E-state index contributed by atoms with van der Waals surface area (Å²) in [4.78, 5) is 4.07. The first-order chi connectivity index (χ1) is 11.6. The molecule has 0 saturated heterocycles. The van der Waals surface area contributed by atoms with Gasteiger partial charge in [0.05, 0.1) is 11.9 Å². The molecule has 0 aliphatic heterocycles. The fourth-order valence-electron chi connectivity index (χ4n) is 2.93. The number of nitrogens with zero attached hydrogens (tertiary/aromatic N) is 3. The van der Waals surface area contributed by atoms with Gasteiger partial charge in [-0.25, -0.2) is 4.68 Å². The maximum atomic E-state index is 6.09. The molecule has 0 spiro atoms. The van der Waals surface area contributed by atoms with Gasteiger partial charge in [-0.05, 0) is 56.7 Å². The number of rotatable bonds is 5. The topological polar surface area (TPSA) is 42.7 Å². The standard InChI is InChI=1S/C19H21ClN4/c1-13(16-7-9-21-10-8-16)23-14(2)19-12-22-24(15(19)3)18-6-4-5-17(20)11-18/h4-14,23H,1-3H3/t13-,14+/m0/s1. The summed E-state index contributed by atoms with van der Waals surface area (Å²) in [6.45, 7) is 6.39. The molecule has 0 amide bonds. The maximum Gasteiger partial charge on any atom is 0.0663 e. The summed E-state index contributed by atoms with van der Waals surface area (Å²) in [5.41, 5.74) is 4.48. The van der Waals surface area contributed by atoms with Gasteiger partial charge in [0, 0.05) is 40.8 Å². The monoisotopic (exact) mass is 340 g/mol. The molecular weight excluding hydrogens is 320 g/mol. The second-order valence-electron chi connectivity index (χ2n) is 5.97. The van der Waals surface area contributed by atoms with Crippen LogP contribution in [0.15, 0.2) is 55.0 Å². The Labute approximate surface area is 147 Å². The lowest BCUT2D eigenvalue weighted by Gasteiger charge is -2.20. The normalized spacial score (nSPS) is 13.7. The van der Waals surface area contributed by atoms with Crippen molar-refractivity contribution in [2.45, 2.75) is 32.9 Å². The lowest BCUT2D eigenvalue weighted by molar-refractivity contribution is 0.492. The van der Waals surface area contributed by atoms with E-state index in [0.717, 1.165) is 11.4 Å². The first kappa shape index (κ1) is 16.7. The van der Waals surface area contributed by atoms with Crippen LogP contribution in [0.1, 0.15) is 42.8 Å². The molecule has 4 nitrogen and oxygen atoms in total. The fourth-order valence-corrected chi connectivity index (χ4v) is 3.11. The third-order valence-electron chi connectivity index (χ3n) is 4.27. The van der Waals surface area contributed by atoms with Crippen molar-refractivity contribution in [1.82, 2.24) is 20.1 Å². The van der Waals surface area contributed by atoms with Gasteiger partial charge in [-0.3, -0.25) is 4.98 Å². The highest BCUT2D eigenvalue weighted by atomic mass is 35.5. The zero-order valence-corrected chi connectivity index (χ0v) is 14.8. The van der Waals surface area contributed by atoms with Gasteiger partial charge in [-0.1, -0.05) is 17.7 Å². The van der Waals surface area contributed by atoms with E-state index in [-0.39, 0.29) is 12.1 Å². The summed E-state index contributed by atoms with van der Waals surface area (Å²) >= 11 is 6.09. The first-order valence-electron chi connectivity index (χ1n) is 8.02. The van der Waals surface area contributed by atoms with E-state index in [1.165, 1.54) is 11.1 Å². The van der Waals surface area contributed by atoms with E-state index in [9.17, 15) is 0 Å². The maximum absolute atomic E-state index is 6.09. The first-order valence-corrected chi connectivity index (χ1v) is 8.40. The SMILES string of the molecule is Cc1c([C@@H](C)N[C@@H](C)c2ccncc2)cnn1-c1cccc(Cl)c1. The second kappa shape index (κ2) is 7.16. The molecular formula is C19H21ClN4. The van der Waals surface area contributed by atoms with E-state index >= 15 is 0 Å². The average molecular weight is 341 g/mol. The van der Waals surface area contributed by atoms with Crippen molar-refractivity contribution < 1.29 is 0 Å². The zero-order valence-electron chi connectivity index (χ0n) is 14.1. The molecule has 5 heteroatoms. The van der Waals surface area contributed by atoms with Gasteiger partial charge in [0.1, 0.15) is 0 Å². The molecule has 2 atom stereocenters. The summed E-state index contributed by atoms with van der Waals surface area (Å²) in [6.07, 6.45) is 5.56. The summed E-state index contributed by atoms with van der Waals surface area (Å²) in [5, 5.41) is 8.87. The third kappa shape index (κ3) is 3.50. The van der Waals surface area contributed by atoms with Crippen LogP contribution in [0.2, 0.25) is 5.02 Å². The number of aromatic nitrogens is 3. The van der Waals surface area contributed by atoms with Gasteiger partial charge in [0.15, 0.2) is 0 Å². The largest absolute Gasteiger partial charge is 0.304 e. The zero-order chi connectivity index (χ0) is 17.1. The van der Waals surface area contributed by atoms with Crippen LogP contribution in [-0.2, 0) is 0 Å². The van der Waals surface area contributed by atoms with Gasteiger partial charge in [0.25, 0.3) is 0 Å². The minimum Gasteiger partial charge on any atom is -0.304 e. The smallest absolute Gasteiger partial charge is 0.0663 e. The second-order valence-corrected chi connectivity index (χ2v) is 6.40.